The van der Waals surface area contributed by atoms with Crippen molar-refractivity contribution in [2.75, 3.05) is 13.7 Å². The van der Waals surface area contributed by atoms with Crippen LogP contribution >= 0.6 is 43.5 Å². The fourth-order valence-electron chi connectivity index (χ4n) is 3.79. The van der Waals surface area contributed by atoms with Crippen molar-refractivity contribution in [3.05, 3.63) is 84.5 Å². The third-order valence-electron chi connectivity index (χ3n) is 5.42. The maximum Gasteiger partial charge on any atom is 0.282 e. The Labute approximate surface area is 227 Å². The molecule has 5 rings (SSSR count). The Morgan fingerprint density at radius 1 is 1.17 bits per heavy atom. The number of hydrogen-bond acceptors (Lipinski definition) is 6. The molecule has 0 unspecified atom stereocenters. The molecule has 0 saturated heterocycles. The van der Waals surface area contributed by atoms with Crippen LogP contribution in [0.15, 0.2) is 77.9 Å². The molecule has 0 radical (unpaired) electrons. The molecule has 0 aliphatic heterocycles. The van der Waals surface area contributed by atoms with Gasteiger partial charge in [-0.15, -0.1) is 0 Å². The van der Waals surface area contributed by atoms with Gasteiger partial charge in [0.25, 0.3) is 5.56 Å². The first-order chi connectivity index (χ1) is 17.4. The summed E-state index contributed by atoms with van der Waals surface area (Å²) in [6.45, 7) is 2.28. The van der Waals surface area contributed by atoms with E-state index in [0.717, 1.165) is 9.86 Å². The van der Waals surface area contributed by atoms with Crippen LogP contribution in [0, 0.1) is 0 Å². The number of ether oxygens (including phenoxy) is 2. The zero-order valence-electron chi connectivity index (χ0n) is 19.1. The second-order valence-electron chi connectivity index (χ2n) is 7.67. The van der Waals surface area contributed by atoms with Gasteiger partial charge in [0.05, 0.1) is 30.8 Å². The van der Waals surface area contributed by atoms with Crippen LogP contribution in [0.3, 0.4) is 0 Å². The standard InChI is InChI=1S/C26H18Br2ClN3O4/c1-3-35-20-12-15(22(28)23(29)24(20)34-2)13-30-32-25(31-18-7-5-4-6-17(18)26(32)33)21-11-14-10-16(27)8-9-19(14)36-21/h4-13H,3H2,1-2H3. The molecule has 5 aromatic rings. The van der Waals surface area contributed by atoms with Crippen molar-refractivity contribution in [2.45, 2.75) is 6.92 Å². The summed E-state index contributed by atoms with van der Waals surface area (Å²) in [6, 6.07) is 16.3. The first kappa shape index (κ1) is 24.5. The molecule has 0 aliphatic carbocycles. The van der Waals surface area contributed by atoms with Crippen molar-refractivity contribution >= 4 is 71.5 Å². The highest BCUT2D eigenvalue weighted by Gasteiger charge is 2.19. The van der Waals surface area contributed by atoms with E-state index in [1.54, 1.807) is 24.3 Å². The Morgan fingerprint density at radius 3 is 2.75 bits per heavy atom. The van der Waals surface area contributed by atoms with E-state index in [-0.39, 0.29) is 11.4 Å². The summed E-state index contributed by atoms with van der Waals surface area (Å²) < 4.78 is 19.8. The van der Waals surface area contributed by atoms with Crippen LogP contribution in [0.5, 0.6) is 11.5 Å². The summed E-state index contributed by atoms with van der Waals surface area (Å²) in [5, 5.41) is 6.14. The van der Waals surface area contributed by atoms with E-state index in [4.69, 9.17) is 30.5 Å². The van der Waals surface area contributed by atoms with E-state index in [9.17, 15) is 4.79 Å². The monoisotopic (exact) mass is 629 g/mol. The number of rotatable bonds is 6. The van der Waals surface area contributed by atoms with E-state index in [1.165, 1.54) is 18.0 Å². The predicted octanol–water partition coefficient (Wildman–Crippen LogP) is 7.28. The highest BCUT2D eigenvalue weighted by Crippen LogP contribution is 2.42. The quantitative estimate of drug-likeness (QED) is 0.184. The summed E-state index contributed by atoms with van der Waals surface area (Å²) in [6.07, 6.45) is 1.51. The number of aromatic nitrogens is 2. The van der Waals surface area contributed by atoms with Crippen LogP contribution in [-0.4, -0.2) is 29.6 Å². The first-order valence-corrected chi connectivity index (χ1v) is 12.8. The van der Waals surface area contributed by atoms with Gasteiger partial charge in [0.2, 0.25) is 5.82 Å². The summed E-state index contributed by atoms with van der Waals surface area (Å²) in [4.78, 5) is 18.2. The Balaban J connectivity index is 1.72. The first-order valence-electron chi connectivity index (χ1n) is 10.9. The van der Waals surface area contributed by atoms with E-state index >= 15 is 0 Å². The molecule has 36 heavy (non-hydrogen) atoms. The van der Waals surface area contributed by atoms with Crippen molar-refractivity contribution in [3.63, 3.8) is 0 Å². The molecule has 0 aliphatic rings. The van der Waals surface area contributed by atoms with Crippen LogP contribution in [-0.2, 0) is 0 Å². The molecule has 182 valence electrons. The fourth-order valence-corrected chi connectivity index (χ4v) is 4.84. The summed E-state index contributed by atoms with van der Waals surface area (Å²) >= 11 is 13.5. The number of methoxy groups -OCH3 is 1. The summed E-state index contributed by atoms with van der Waals surface area (Å²) in [5.74, 6) is 1.54. The van der Waals surface area contributed by atoms with Crippen LogP contribution in [0.2, 0.25) is 5.02 Å². The lowest BCUT2D eigenvalue weighted by molar-refractivity contribution is 0.311. The third-order valence-corrected chi connectivity index (χ3v) is 7.36. The molecule has 3 aromatic carbocycles. The average molecular weight is 632 g/mol. The Hall–Kier alpha value is -3.14. The van der Waals surface area contributed by atoms with Gasteiger partial charge in [0, 0.05) is 19.9 Å². The predicted molar refractivity (Wildman–Crippen MR) is 149 cm³/mol. The van der Waals surface area contributed by atoms with Gasteiger partial charge >= 0.3 is 0 Å². The molecular weight excluding hydrogens is 614 g/mol. The van der Waals surface area contributed by atoms with Crippen LogP contribution < -0.4 is 15.0 Å². The van der Waals surface area contributed by atoms with Crippen molar-refractivity contribution in [3.8, 4) is 23.1 Å². The van der Waals surface area contributed by atoms with Crippen molar-refractivity contribution < 1.29 is 13.9 Å². The zero-order valence-corrected chi connectivity index (χ0v) is 23.0. The molecule has 2 aromatic heterocycles. The van der Waals surface area contributed by atoms with Crippen molar-refractivity contribution in [1.29, 1.82) is 0 Å². The smallest absolute Gasteiger partial charge is 0.282 e. The Kier molecular flexibility index (Phi) is 6.87. The van der Waals surface area contributed by atoms with Gasteiger partial charge in [0.15, 0.2) is 17.3 Å². The Bertz CT molecular complexity index is 1710. The van der Waals surface area contributed by atoms with Crippen LogP contribution in [0.4, 0.5) is 0 Å². The highest BCUT2D eigenvalue weighted by molar-refractivity contribution is 9.10. The minimum atomic E-state index is -0.339. The minimum Gasteiger partial charge on any atom is -0.491 e. The zero-order chi connectivity index (χ0) is 25.4. The van der Waals surface area contributed by atoms with Crippen molar-refractivity contribution in [1.82, 2.24) is 9.66 Å². The van der Waals surface area contributed by atoms with Gasteiger partial charge in [-0.3, -0.25) is 4.79 Å². The van der Waals surface area contributed by atoms with Gasteiger partial charge < -0.3 is 13.9 Å². The molecule has 0 amide bonds. The highest BCUT2D eigenvalue weighted by atomic mass is 79.9. The molecule has 2 heterocycles. The van der Waals surface area contributed by atoms with Gasteiger partial charge in [-0.25, -0.2) is 4.98 Å². The van der Waals surface area contributed by atoms with Crippen molar-refractivity contribution in [2.24, 2.45) is 5.10 Å². The lowest BCUT2D eigenvalue weighted by Crippen LogP contribution is -2.20. The molecule has 0 spiro atoms. The maximum atomic E-state index is 13.5. The average Bonchev–Trinajstić information content (AvgIpc) is 3.29. The van der Waals surface area contributed by atoms with Gasteiger partial charge in [-0.1, -0.05) is 39.7 Å². The molecule has 7 nitrogen and oxygen atoms in total. The third kappa shape index (κ3) is 4.42. The van der Waals surface area contributed by atoms with Gasteiger partial charge in [-0.05, 0) is 65.3 Å². The number of para-hydroxylation sites is 1. The van der Waals surface area contributed by atoms with Gasteiger partial charge in [0.1, 0.15) is 10.6 Å². The summed E-state index contributed by atoms with van der Waals surface area (Å²) in [7, 11) is 1.52. The molecule has 0 N–H and O–H groups in total. The van der Waals surface area contributed by atoms with E-state index in [0.29, 0.717) is 55.4 Å². The van der Waals surface area contributed by atoms with Crippen LogP contribution in [0.1, 0.15) is 12.5 Å². The summed E-state index contributed by atoms with van der Waals surface area (Å²) in [5.41, 5.74) is 1.45. The maximum absolute atomic E-state index is 13.5. The van der Waals surface area contributed by atoms with E-state index in [1.807, 2.05) is 37.3 Å². The topological polar surface area (TPSA) is 78.9 Å². The fraction of sp³-hybridized carbons (Fsp3) is 0.115. The molecule has 0 fully saturated rings. The minimum absolute atomic E-state index is 0.267. The number of benzene rings is 3. The number of nitrogens with zero attached hydrogens (tertiary/aromatic N) is 3. The number of halogens is 3. The number of fused-ring (bicyclic) bond motifs is 2. The largest absolute Gasteiger partial charge is 0.491 e. The molecular formula is C26H18Br2ClN3O4. The molecule has 0 saturated carbocycles. The lowest BCUT2D eigenvalue weighted by Gasteiger charge is -2.14. The number of furan rings is 1. The van der Waals surface area contributed by atoms with E-state index in [2.05, 4.69) is 37.0 Å². The second kappa shape index (κ2) is 10.1. The lowest BCUT2D eigenvalue weighted by atomic mass is 10.2. The molecule has 0 atom stereocenters. The van der Waals surface area contributed by atoms with E-state index < -0.39 is 0 Å². The SMILES string of the molecule is CCOc1cc(C=Nn2c(-c3cc4cc(Br)ccc4o3)nc3ccccc3c2=O)c(Br)c(Cl)c1OC. The second-order valence-corrected chi connectivity index (χ2v) is 9.75. The van der Waals surface area contributed by atoms with Crippen LogP contribution in [0.25, 0.3) is 33.5 Å². The molecule has 0 bridgehead atoms. The Morgan fingerprint density at radius 2 is 1.97 bits per heavy atom. The van der Waals surface area contributed by atoms with Gasteiger partial charge in [-0.2, -0.15) is 9.78 Å². The normalized spacial score (nSPS) is 11.6. The molecule has 10 heteroatoms. The number of hydrogen-bond donors (Lipinski definition) is 0.